The van der Waals surface area contributed by atoms with Gasteiger partial charge in [-0.1, -0.05) is 13.8 Å². The van der Waals surface area contributed by atoms with Crippen LogP contribution >= 0.6 is 0 Å². The van der Waals surface area contributed by atoms with Crippen molar-refractivity contribution < 1.29 is 17.9 Å². The highest BCUT2D eigenvalue weighted by Crippen LogP contribution is 2.14. The van der Waals surface area contributed by atoms with Gasteiger partial charge in [0, 0.05) is 24.7 Å². The molecule has 1 heterocycles. The molecular formula is C13H20F3N3O. The van der Waals surface area contributed by atoms with Gasteiger partial charge in [0.05, 0.1) is 12.3 Å². The topological polar surface area (TPSA) is 47.0 Å². The van der Waals surface area contributed by atoms with Gasteiger partial charge in [-0.05, 0) is 13.0 Å². The highest BCUT2D eigenvalue weighted by Gasteiger charge is 2.27. The molecule has 0 fully saturated rings. The van der Waals surface area contributed by atoms with E-state index in [0.717, 1.165) is 11.4 Å². The molecule has 1 rings (SSSR count). The van der Waals surface area contributed by atoms with Crippen molar-refractivity contribution >= 4 is 0 Å². The SMILES string of the molecule is Cc1cc(CNC(C)C)nc(CCOCC(F)(F)F)n1. The fourth-order valence-corrected chi connectivity index (χ4v) is 1.56. The van der Waals surface area contributed by atoms with Crippen LogP contribution in [0.3, 0.4) is 0 Å². The smallest absolute Gasteiger partial charge is 0.372 e. The largest absolute Gasteiger partial charge is 0.411 e. The molecule has 20 heavy (non-hydrogen) atoms. The van der Waals surface area contributed by atoms with Crippen LogP contribution in [0.2, 0.25) is 0 Å². The van der Waals surface area contributed by atoms with Crippen molar-refractivity contribution in [2.45, 2.75) is 46.0 Å². The molecule has 7 heteroatoms. The van der Waals surface area contributed by atoms with E-state index in [0.29, 0.717) is 18.4 Å². The normalized spacial score (nSPS) is 12.2. The fraction of sp³-hybridized carbons (Fsp3) is 0.692. The van der Waals surface area contributed by atoms with Gasteiger partial charge < -0.3 is 10.1 Å². The van der Waals surface area contributed by atoms with Crippen LogP contribution in [0.1, 0.15) is 31.1 Å². The van der Waals surface area contributed by atoms with Gasteiger partial charge in [-0.3, -0.25) is 0 Å². The second-order valence-electron chi connectivity index (χ2n) is 4.87. The van der Waals surface area contributed by atoms with Crippen molar-refractivity contribution in [3.8, 4) is 0 Å². The number of aryl methyl sites for hydroxylation is 1. The molecule has 1 aromatic heterocycles. The lowest BCUT2D eigenvalue weighted by atomic mass is 10.3. The van der Waals surface area contributed by atoms with Crippen LogP contribution < -0.4 is 5.32 Å². The molecule has 0 spiro atoms. The standard InChI is InChI=1S/C13H20F3N3O/c1-9(2)17-7-11-6-10(3)18-12(19-11)4-5-20-8-13(14,15)16/h6,9,17H,4-5,7-8H2,1-3H3. The van der Waals surface area contributed by atoms with Gasteiger partial charge in [-0.15, -0.1) is 0 Å². The Labute approximate surface area is 116 Å². The lowest BCUT2D eigenvalue weighted by Gasteiger charge is -2.10. The molecule has 0 saturated carbocycles. The maximum atomic E-state index is 11.9. The van der Waals surface area contributed by atoms with Gasteiger partial charge >= 0.3 is 6.18 Å². The number of nitrogens with zero attached hydrogens (tertiary/aromatic N) is 2. The monoisotopic (exact) mass is 291 g/mol. The van der Waals surface area contributed by atoms with Crippen molar-refractivity contribution in [2.75, 3.05) is 13.2 Å². The van der Waals surface area contributed by atoms with Crippen LogP contribution in [0.5, 0.6) is 0 Å². The molecule has 0 aliphatic rings. The van der Waals surface area contributed by atoms with Gasteiger partial charge in [0.1, 0.15) is 12.4 Å². The number of hydrogen-bond donors (Lipinski definition) is 1. The maximum Gasteiger partial charge on any atom is 0.411 e. The summed E-state index contributed by atoms with van der Waals surface area (Å²) < 4.78 is 40.3. The zero-order chi connectivity index (χ0) is 15.2. The van der Waals surface area contributed by atoms with Gasteiger partial charge in [0.2, 0.25) is 0 Å². The number of alkyl halides is 3. The average molecular weight is 291 g/mol. The summed E-state index contributed by atoms with van der Waals surface area (Å²) in [5, 5.41) is 3.23. The second kappa shape index (κ2) is 7.54. The van der Waals surface area contributed by atoms with Crippen molar-refractivity contribution in [1.82, 2.24) is 15.3 Å². The summed E-state index contributed by atoms with van der Waals surface area (Å²) in [5.41, 5.74) is 1.63. The average Bonchev–Trinajstić information content (AvgIpc) is 2.30. The van der Waals surface area contributed by atoms with E-state index in [9.17, 15) is 13.2 Å². The molecule has 0 atom stereocenters. The number of ether oxygens (including phenoxy) is 1. The van der Waals surface area contributed by atoms with E-state index >= 15 is 0 Å². The molecule has 114 valence electrons. The second-order valence-corrected chi connectivity index (χ2v) is 4.87. The first-order valence-electron chi connectivity index (χ1n) is 6.47. The maximum absolute atomic E-state index is 11.9. The zero-order valence-electron chi connectivity index (χ0n) is 11.9. The van der Waals surface area contributed by atoms with E-state index < -0.39 is 12.8 Å². The summed E-state index contributed by atoms with van der Waals surface area (Å²) in [7, 11) is 0. The van der Waals surface area contributed by atoms with Crippen LogP contribution in [0, 0.1) is 6.92 Å². The Hall–Kier alpha value is -1.21. The van der Waals surface area contributed by atoms with Crippen molar-refractivity contribution in [2.24, 2.45) is 0 Å². The Morgan fingerprint density at radius 1 is 1.30 bits per heavy atom. The first kappa shape index (κ1) is 16.8. The quantitative estimate of drug-likeness (QED) is 0.784. The first-order valence-corrected chi connectivity index (χ1v) is 6.47. The first-order chi connectivity index (χ1) is 9.26. The van der Waals surface area contributed by atoms with E-state index in [1.54, 1.807) is 0 Å². The van der Waals surface area contributed by atoms with Crippen molar-refractivity contribution in [3.63, 3.8) is 0 Å². The molecule has 0 aromatic carbocycles. The molecule has 0 aliphatic heterocycles. The molecule has 1 N–H and O–H groups in total. The molecular weight excluding hydrogens is 271 g/mol. The summed E-state index contributed by atoms with van der Waals surface area (Å²) >= 11 is 0. The van der Waals surface area contributed by atoms with Gasteiger partial charge in [0.25, 0.3) is 0 Å². The van der Waals surface area contributed by atoms with E-state index in [4.69, 9.17) is 0 Å². The fourth-order valence-electron chi connectivity index (χ4n) is 1.56. The molecule has 0 amide bonds. The van der Waals surface area contributed by atoms with Crippen LogP contribution in [0.4, 0.5) is 13.2 Å². The molecule has 0 aliphatic carbocycles. The van der Waals surface area contributed by atoms with E-state index in [1.165, 1.54) is 0 Å². The molecule has 0 saturated heterocycles. The Kier molecular flexibility index (Phi) is 6.35. The summed E-state index contributed by atoms with van der Waals surface area (Å²) in [5.74, 6) is 0.507. The minimum Gasteiger partial charge on any atom is -0.372 e. The van der Waals surface area contributed by atoms with Crippen LogP contribution in [0.25, 0.3) is 0 Å². The van der Waals surface area contributed by atoms with Crippen LogP contribution in [0.15, 0.2) is 6.07 Å². The summed E-state index contributed by atoms with van der Waals surface area (Å²) in [6.07, 6.45) is -4.02. The lowest BCUT2D eigenvalue weighted by Crippen LogP contribution is -2.23. The van der Waals surface area contributed by atoms with Gasteiger partial charge in [-0.2, -0.15) is 13.2 Å². The lowest BCUT2D eigenvalue weighted by molar-refractivity contribution is -0.173. The molecule has 0 radical (unpaired) electrons. The number of nitrogens with one attached hydrogen (secondary N) is 1. The third-order valence-corrected chi connectivity index (χ3v) is 2.38. The van der Waals surface area contributed by atoms with E-state index in [2.05, 4.69) is 20.0 Å². The summed E-state index contributed by atoms with van der Waals surface area (Å²) in [6, 6.07) is 2.19. The Morgan fingerprint density at radius 2 is 2.00 bits per heavy atom. The number of aromatic nitrogens is 2. The zero-order valence-corrected chi connectivity index (χ0v) is 11.9. The predicted octanol–water partition coefficient (Wildman–Crippen LogP) is 2.40. The third kappa shape index (κ3) is 7.40. The molecule has 1 aromatic rings. The minimum absolute atomic E-state index is 0.0417. The van der Waals surface area contributed by atoms with Crippen LogP contribution in [-0.2, 0) is 17.7 Å². The Bertz CT molecular complexity index is 422. The Morgan fingerprint density at radius 3 is 2.60 bits per heavy atom. The third-order valence-electron chi connectivity index (χ3n) is 2.38. The number of rotatable bonds is 7. The highest BCUT2D eigenvalue weighted by molar-refractivity contribution is 5.10. The number of halogens is 3. The van der Waals surface area contributed by atoms with Gasteiger partial charge in [0.15, 0.2) is 0 Å². The van der Waals surface area contributed by atoms with Crippen molar-refractivity contribution in [1.29, 1.82) is 0 Å². The summed E-state index contributed by atoms with van der Waals surface area (Å²) in [4.78, 5) is 8.50. The minimum atomic E-state index is -4.29. The highest BCUT2D eigenvalue weighted by atomic mass is 19.4. The summed E-state index contributed by atoms with van der Waals surface area (Å²) in [6.45, 7) is 5.22. The number of hydrogen-bond acceptors (Lipinski definition) is 4. The van der Waals surface area contributed by atoms with E-state index in [-0.39, 0.29) is 13.0 Å². The van der Waals surface area contributed by atoms with Crippen molar-refractivity contribution in [3.05, 3.63) is 23.3 Å². The predicted molar refractivity (Wildman–Crippen MR) is 69.3 cm³/mol. The molecule has 0 unspecified atom stereocenters. The van der Waals surface area contributed by atoms with E-state index in [1.807, 2.05) is 26.8 Å². The van der Waals surface area contributed by atoms with Gasteiger partial charge in [-0.25, -0.2) is 9.97 Å². The molecule has 0 bridgehead atoms. The molecule has 4 nitrogen and oxygen atoms in total. The Balaban J connectivity index is 2.49. The van der Waals surface area contributed by atoms with Crippen LogP contribution in [-0.4, -0.2) is 35.4 Å².